The van der Waals surface area contributed by atoms with E-state index in [1.54, 1.807) is 30.3 Å². The van der Waals surface area contributed by atoms with Crippen LogP contribution < -0.4 is 20.1 Å². The van der Waals surface area contributed by atoms with Crippen molar-refractivity contribution in [3.05, 3.63) is 85.0 Å². The summed E-state index contributed by atoms with van der Waals surface area (Å²) in [5, 5.41) is 2.73. The molecule has 0 aliphatic rings. The number of H-pyrrole nitrogens is 1. The SMILES string of the molecule is Cc1ccc(NC(=O)C=c2[nH]c(=O)c(=Cc3cccc(F)c3)s2)cc1. The number of hydrogen-bond donors (Lipinski definition) is 2. The Morgan fingerprint density at radius 2 is 1.96 bits per heavy atom. The Hall–Kier alpha value is -2.99. The molecule has 1 heterocycles. The smallest absolute Gasteiger partial charge is 0.266 e. The molecule has 126 valence electrons. The third-order valence-electron chi connectivity index (χ3n) is 3.41. The minimum Gasteiger partial charge on any atom is -0.322 e. The number of aromatic amines is 1. The van der Waals surface area contributed by atoms with Crippen molar-refractivity contribution in [2.24, 2.45) is 0 Å². The van der Waals surface area contributed by atoms with Crippen molar-refractivity contribution in [1.82, 2.24) is 4.98 Å². The van der Waals surface area contributed by atoms with Crippen LogP contribution in [-0.2, 0) is 4.79 Å². The Labute approximate surface area is 147 Å². The van der Waals surface area contributed by atoms with Crippen molar-refractivity contribution in [2.75, 3.05) is 5.32 Å². The van der Waals surface area contributed by atoms with Crippen LogP contribution in [-0.4, -0.2) is 10.9 Å². The number of carbonyl (C=O) groups excluding carboxylic acids is 1. The van der Waals surface area contributed by atoms with Crippen molar-refractivity contribution in [1.29, 1.82) is 0 Å². The molecule has 0 atom stereocenters. The summed E-state index contributed by atoms with van der Waals surface area (Å²) in [4.78, 5) is 26.7. The van der Waals surface area contributed by atoms with Gasteiger partial charge in [-0.1, -0.05) is 29.8 Å². The summed E-state index contributed by atoms with van der Waals surface area (Å²) in [7, 11) is 0. The standard InChI is InChI=1S/C19H15FN2O2S/c1-12-5-7-15(8-6-12)21-17(23)11-18-22-19(24)16(25-18)10-13-3-2-4-14(20)9-13/h2-11H,1H3,(H,21,23)(H,22,24). The highest BCUT2D eigenvalue weighted by Crippen LogP contribution is 2.08. The van der Waals surface area contributed by atoms with Gasteiger partial charge in [-0.05, 0) is 42.8 Å². The molecule has 0 unspecified atom stereocenters. The molecule has 4 nitrogen and oxygen atoms in total. The van der Waals surface area contributed by atoms with Gasteiger partial charge in [0.1, 0.15) is 10.5 Å². The van der Waals surface area contributed by atoms with E-state index in [0.29, 0.717) is 20.4 Å². The zero-order valence-electron chi connectivity index (χ0n) is 13.4. The van der Waals surface area contributed by atoms with Crippen LogP contribution in [0.4, 0.5) is 10.1 Å². The van der Waals surface area contributed by atoms with Crippen LogP contribution in [0.25, 0.3) is 12.2 Å². The quantitative estimate of drug-likeness (QED) is 0.757. The summed E-state index contributed by atoms with van der Waals surface area (Å²) in [6.45, 7) is 1.96. The molecular weight excluding hydrogens is 339 g/mol. The van der Waals surface area contributed by atoms with E-state index in [4.69, 9.17) is 0 Å². The highest BCUT2D eigenvalue weighted by molar-refractivity contribution is 7.07. The van der Waals surface area contributed by atoms with Gasteiger partial charge in [-0.3, -0.25) is 9.59 Å². The lowest BCUT2D eigenvalue weighted by atomic mass is 10.2. The molecule has 0 aliphatic heterocycles. The Balaban J connectivity index is 1.86. The van der Waals surface area contributed by atoms with Crippen molar-refractivity contribution in [2.45, 2.75) is 6.92 Å². The van der Waals surface area contributed by atoms with E-state index in [1.807, 2.05) is 19.1 Å². The number of hydrogen-bond acceptors (Lipinski definition) is 3. The molecule has 2 N–H and O–H groups in total. The lowest BCUT2D eigenvalue weighted by Crippen LogP contribution is -2.20. The third kappa shape index (κ3) is 4.51. The zero-order chi connectivity index (χ0) is 17.8. The highest BCUT2D eigenvalue weighted by Gasteiger charge is 2.01. The summed E-state index contributed by atoms with van der Waals surface area (Å²) in [6, 6.07) is 13.4. The van der Waals surface area contributed by atoms with E-state index in [9.17, 15) is 14.0 Å². The lowest BCUT2D eigenvalue weighted by Gasteiger charge is -2.01. The first-order valence-corrected chi connectivity index (χ1v) is 8.37. The summed E-state index contributed by atoms with van der Waals surface area (Å²) in [6.07, 6.45) is 2.91. The number of nitrogens with one attached hydrogen (secondary N) is 2. The topological polar surface area (TPSA) is 62.0 Å². The molecule has 0 spiro atoms. The molecule has 6 heteroatoms. The van der Waals surface area contributed by atoms with Gasteiger partial charge in [0, 0.05) is 11.8 Å². The molecule has 3 aromatic rings. The largest absolute Gasteiger partial charge is 0.322 e. The predicted octanol–water partition coefficient (Wildman–Crippen LogP) is 2.13. The number of aromatic nitrogens is 1. The average molecular weight is 354 g/mol. The minimum atomic E-state index is -0.369. The summed E-state index contributed by atoms with van der Waals surface area (Å²) in [5.41, 5.74) is 2.05. The van der Waals surface area contributed by atoms with Gasteiger partial charge in [-0.25, -0.2) is 4.39 Å². The van der Waals surface area contributed by atoms with Gasteiger partial charge < -0.3 is 10.3 Å². The maximum atomic E-state index is 13.2. The molecule has 0 fully saturated rings. The van der Waals surface area contributed by atoms with Crippen LogP contribution in [0, 0.1) is 12.7 Å². The van der Waals surface area contributed by atoms with Crippen molar-refractivity contribution < 1.29 is 9.18 Å². The second-order valence-corrected chi connectivity index (χ2v) is 6.57. The molecule has 0 saturated carbocycles. The van der Waals surface area contributed by atoms with Crippen molar-refractivity contribution in [3.63, 3.8) is 0 Å². The van der Waals surface area contributed by atoms with Crippen LogP contribution in [0.3, 0.4) is 0 Å². The predicted molar refractivity (Wildman–Crippen MR) is 98.4 cm³/mol. The Morgan fingerprint density at radius 1 is 1.20 bits per heavy atom. The normalized spacial score (nSPS) is 12.4. The van der Waals surface area contributed by atoms with Gasteiger partial charge in [0.15, 0.2) is 0 Å². The molecular formula is C19H15FN2O2S. The lowest BCUT2D eigenvalue weighted by molar-refractivity contribution is -0.110. The second-order valence-electron chi connectivity index (χ2n) is 5.48. The number of rotatable bonds is 3. The van der Waals surface area contributed by atoms with Crippen LogP contribution in [0.2, 0.25) is 0 Å². The Kier molecular flexibility index (Phi) is 4.90. The molecule has 0 saturated heterocycles. The third-order valence-corrected chi connectivity index (χ3v) is 4.37. The number of anilines is 1. The monoisotopic (exact) mass is 354 g/mol. The Morgan fingerprint density at radius 3 is 2.68 bits per heavy atom. The molecule has 0 bridgehead atoms. The van der Waals surface area contributed by atoms with E-state index >= 15 is 0 Å². The molecule has 25 heavy (non-hydrogen) atoms. The van der Waals surface area contributed by atoms with Gasteiger partial charge in [0.25, 0.3) is 11.5 Å². The van der Waals surface area contributed by atoms with Crippen LogP contribution in [0.1, 0.15) is 11.1 Å². The van der Waals surface area contributed by atoms with Gasteiger partial charge >= 0.3 is 0 Å². The van der Waals surface area contributed by atoms with Gasteiger partial charge in [-0.15, -0.1) is 11.3 Å². The molecule has 0 radical (unpaired) electrons. The first-order valence-electron chi connectivity index (χ1n) is 7.55. The van der Waals surface area contributed by atoms with Crippen molar-refractivity contribution in [3.8, 4) is 0 Å². The summed E-state index contributed by atoms with van der Waals surface area (Å²) >= 11 is 1.14. The van der Waals surface area contributed by atoms with E-state index in [2.05, 4.69) is 10.3 Å². The number of halogens is 1. The summed E-state index contributed by atoms with van der Waals surface area (Å²) in [5.74, 6) is -0.704. The molecule has 0 aliphatic carbocycles. The van der Waals surface area contributed by atoms with Crippen molar-refractivity contribution >= 4 is 35.1 Å². The number of carbonyl (C=O) groups is 1. The fraction of sp³-hybridized carbons (Fsp3) is 0.0526. The molecule has 1 amide bonds. The first kappa shape index (κ1) is 16.9. The maximum Gasteiger partial charge on any atom is 0.266 e. The van der Waals surface area contributed by atoms with Gasteiger partial charge in [0.05, 0.1) is 4.53 Å². The molecule has 2 aromatic carbocycles. The second kappa shape index (κ2) is 7.27. The summed E-state index contributed by atoms with van der Waals surface area (Å²) < 4.78 is 14.0. The number of benzene rings is 2. The van der Waals surface area contributed by atoms with Crippen LogP contribution in [0.15, 0.2) is 53.3 Å². The van der Waals surface area contributed by atoms with Gasteiger partial charge in [0.2, 0.25) is 0 Å². The average Bonchev–Trinajstić information content (AvgIpc) is 2.89. The van der Waals surface area contributed by atoms with Crippen LogP contribution >= 0.6 is 11.3 Å². The van der Waals surface area contributed by atoms with E-state index < -0.39 is 0 Å². The van der Waals surface area contributed by atoms with Crippen LogP contribution in [0.5, 0.6) is 0 Å². The van der Waals surface area contributed by atoms with E-state index in [1.165, 1.54) is 18.2 Å². The molecule has 3 rings (SSSR count). The number of thiazole rings is 1. The first-order chi connectivity index (χ1) is 12.0. The highest BCUT2D eigenvalue weighted by atomic mass is 32.1. The van der Waals surface area contributed by atoms with Gasteiger partial charge in [-0.2, -0.15) is 0 Å². The van der Waals surface area contributed by atoms with E-state index in [0.717, 1.165) is 16.9 Å². The zero-order valence-corrected chi connectivity index (χ0v) is 14.2. The maximum absolute atomic E-state index is 13.2. The van der Waals surface area contributed by atoms with E-state index in [-0.39, 0.29) is 17.3 Å². The number of amides is 1. The fourth-order valence-corrected chi connectivity index (χ4v) is 3.09. The Bertz CT molecular complexity index is 1080. The number of aryl methyl sites for hydroxylation is 1. The minimum absolute atomic E-state index is 0.316. The molecule has 1 aromatic heterocycles. The fourth-order valence-electron chi connectivity index (χ4n) is 2.21.